The van der Waals surface area contributed by atoms with Gasteiger partial charge in [0.25, 0.3) is 0 Å². The SMILES string of the molecule is COc1csc2ccc(N)c(CO)c12. The van der Waals surface area contributed by atoms with Crippen LogP contribution in [0.25, 0.3) is 10.1 Å². The maximum absolute atomic E-state index is 9.22. The van der Waals surface area contributed by atoms with E-state index in [1.54, 1.807) is 18.4 Å². The van der Waals surface area contributed by atoms with Gasteiger partial charge in [-0.05, 0) is 12.1 Å². The zero-order valence-electron chi connectivity index (χ0n) is 7.78. The maximum atomic E-state index is 9.22. The molecular weight excluding hydrogens is 198 g/mol. The minimum absolute atomic E-state index is 0.0593. The molecule has 0 saturated heterocycles. The predicted octanol–water partition coefficient (Wildman–Crippen LogP) is 1.98. The van der Waals surface area contributed by atoms with Crippen molar-refractivity contribution < 1.29 is 9.84 Å². The second kappa shape index (κ2) is 3.48. The molecule has 1 aromatic carbocycles. The van der Waals surface area contributed by atoms with Crippen LogP contribution in [-0.4, -0.2) is 12.2 Å². The van der Waals surface area contributed by atoms with E-state index in [-0.39, 0.29) is 6.61 Å². The van der Waals surface area contributed by atoms with Gasteiger partial charge in [-0.25, -0.2) is 0 Å². The molecule has 0 aliphatic carbocycles. The lowest BCUT2D eigenvalue weighted by molar-refractivity contribution is 0.283. The van der Waals surface area contributed by atoms with Crippen molar-refractivity contribution in [1.29, 1.82) is 0 Å². The largest absolute Gasteiger partial charge is 0.495 e. The van der Waals surface area contributed by atoms with Crippen molar-refractivity contribution in [3.8, 4) is 5.75 Å². The molecular formula is C10H11NO2S. The molecule has 3 nitrogen and oxygen atoms in total. The summed E-state index contributed by atoms with van der Waals surface area (Å²) in [4.78, 5) is 0. The van der Waals surface area contributed by atoms with Crippen molar-refractivity contribution in [2.75, 3.05) is 12.8 Å². The lowest BCUT2D eigenvalue weighted by Crippen LogP contribution is -1.95. The van der Waals surface area contributed by atoms with E-state index in [1.807, 2.05) is 17.5 Å². The van der Waals surface area contributed by atoms with Crippen LogP contribution in [0.2, 0.25) is 0 Å². The van der Waals surface area contributed by atoms with Crippen LogP contribution >= 0.6 is 11.3 Å². The highest BCUT2D eigenvalue weighted by molar-refractivity contribution is 7.17. The summed E-state index contributed by atoms with van der Waals surface area (Å²) < 4.78 is 6.29. The van der Waals surface area contributed by atoms with Gasteiger partial charge in [0.05, 0.1) is 13.7 Å². The number of rotatable bonds is 2. The van der Waals surface area contributed by atoms with E-state index >= 15 is 0 Å². The number of aliphatic hydroxyl groups is 1. The smallest absolute Gasteiger partial charge is 0.137 e. The van der Waals surface area contributed by atoms with Gasteiger partial charge in [-0.1, -0.05) is 0 Å². The van der Waals surface area contributed by atoms with Gasteiger partial charge in [-0.2, -0.15) is 0 Å². The molecule has 1 heterocycles. The molecule has 2 rings (SSSR count). The van der Waals surface area contributed by atoms with E-state index in [2.05, 4.69) is 0 Å². The maximum Gasteiger partial charge on any atom is 0.137 e. The molecule has 0 unspecified atom stereocenters. The lowest BCUT2D eigenvalue weighted by atomic mass is 10.1. The van der Waals surface area contributed by atoms with Gasteiger partial charge >= 0.3 is 0 Å². The summed E-state index contributed by atoms with van der Waals surface area (Å²) in [5, 5.41) is 12.1. The first kappa shape index (κ1) is 9.30. The van der Waals surface area contributed by atoms with Gasteiger partial charge < -0.3 is 15.6 Å². The number of thiophene rings is 1. The summed E-state index contributed by atoms with van der Waals surface area (Å²) in [6.45, 7) is -0.0593. The molecule has 74 valence electrons. The molecule has 3 N–H and O–H groups in total. The molecule has 0 spiro atoms. The van der Waals surface area contributed by atoms with Gasteiger partial charge in [-0.3, -0.25) is 0 Å². The zero-order valence-corrected chi connectivity index (χ0v) is 8.60. The van der Waals surface area contributed by atoms with E-state index in [1.165, 1.54) is 0 Å². The van der Waals surface area contributed by atoms with Crippen LogP contribution in [-0.2, 0) is 6.61 Å². The van der Waals surface area contributed by atoms with Gasteiger partial charge in [0.2, 0.25) is 0 Å². The van der Waals surface area contributed by atoms with Crippen LogP contribution in [0.15, 0.2) is 17.5 Å². The molecule has 2 aromatic rings. The number of aliphatic hydroxyl groups excluding tert-OH is 1. The minimum atomic E-state index is -0.0593. The summed E-state index contributed by atoms with van der Waals surface area (Å²) in [6, 6.07) is 3.75. The number of benzene rings is 1. The number of nitrogens with two attached hydrogens (primary N) is 1. The molecule has 0 amide bonds. The summed E-state index contributed by atoms with van der Waals surface area (Å²) in [6.07, 6.45) is 0. The number of anilines is 1. The Morgan fingerprint density at radius 3 is 2.93 bits per heavy atom. The van der Waals surface area contributed by atoms with Crippen molar-refractivity contribution in [2.45, 2.75) is 6.61 Å². The fourth-order valence-corrected chi connectivity index (χ4v) is 2.44. The minimum Gasteiger partial charge on any atom is -0.495 e. The Bertz CT molecular complexity index is 464. The van der Waals surface area contributed by atoms with Crippen molar-refractivity contribution >= 4 is 27.1 Å². The first-order valence-electron chi connectivity index (χ1n) is 4.21. The average molecular weight is 209 g/mol. The van der Waals surface area contributed by atoms with Crippen LogP contribution in [0.5, 0.6) is 5.75 Å². The molecule has 4 heteroatoms. The Kier molecular flexibility index (Phi) is 2.31. The van der Waals surface area contributed by atoms with Crippen LogP contribution in [0.4, 0.5) is 5.69 Å². The fourth-order valence-electron chi connectivity index (χ4n) is 1.51. The molecule has 1 aromatic heterocycles. The molecule has 0 aliphatic rings. The fraction of sp³-hybridized carbons (Fsp3) is 0.200. The first-order chi connectivity index (χ1) is 6.77. The molecule has 0 atom stereocenters. The highest BCUT2D eigenvalue weighted by Gasteiger charge is 2.11. The van der Waals surface area contributed by atoms with Crippen LogP contribution in [0, 0.1) is 0 Å². The summed E-state index contributed by atoms with van der Waals surface area (Å²) in [5.41, 5.74) is 7.13. The Hall–Kier alpha value is -1.26. The third kappa shape index (κ3) is 1.23. The van der Waals surface area contributed by atoms with E-state index in [9.17, 15) is 5.11 Å². The number of hydrogen-bond acceptors (Lipinski definition) is 4. The molecule has 14 heavy (non-hydrogen) atoms. The van der Waals surface area contributed by atoms with Crippen molar-refractivity contribution in [3.63, 3.8) is 0 Å². The quantitative estimate of drug-likeness (QED) is 0.744. The zero-order chi connectivity index (χ0) is 10.1. The van der Waals surface area contributed by atoms with E-state index in [0.717, 1.165) is 21.4 Å². The van der Waals surface area contributed by atoms with Gasteiger partial charge in [-0.15, -0.1) is 11.3 Å². The normalized spacial score (nSPS) is 10.7. The summed E-state index contributed by atoms with van der Waals surface area (Å²) in [5.74, 6) is 0.779. The van der Waals surface area contributed by atoms with E-state index in [0.29, 0.717) is 5.69 Å². The number of hydrogen-bond donors (Lipinski definition) is 2. The number of nitrogen functional groups attached to an aromatic ring is 1. The number of fused-ring (bicyclic) bond motifs is 1. The average Bonchev–Trinajstić information content (AvgIpc) is 2.61. The van der Waals surface area contributed by atoms with E-state index < -0.39 is 0 Å². The number of methoxy groups -OCH3 is 1. The monoisotopic (exact) mass is 209 g/mol. The van der Waals surface area contributed by atoms with Crippen LogP contribution in [0.3, 0.4) is 0 Å². The Morgan fingerprint density at radius 2 is 2.29 bits per heavy atom. The Balaban J connectivity index is 2.81. The van der Waals surface area contributed by atoms with Crippen molar-refractivity contribution in [1.82, 2.24) is 0 Å². The standard InChI is InChI=1S/C10H11NO2S/c1-13-8-5-14-9-3-2-7(11)6(4-12)10(8)9/h2-3,5,12H,4,11H2,1H3. The van der Waals surface area contributed by atoms with Crippen molar-refractivity contribution in [3.05, 3.63) is 23.1 Å². The second-order valence-corrected chi connectivity index (χ2v) is 3.88. The molecule has 0 saturated carbocycles. The first-order valence-corrected chi connectivity index (χ1v) is 5.09. The third-order valence-corrected chi connectivity index (χ3v) is 3.15. The highest BCUT2D eigenvalue weighted by Crippen LogP contribution is 2.37. The third-order valence-electron chi connectivity index (χ3n) is 2.23. The molecule has 0 fully saturated rings. The van der Waals surface area contributed by atoms with E-state index in [4.69, 9.17) is 10.5 Å². The molecule has 0 aliphatic heterocycles. The second-order valence-electron chi connectivity index (χ2n) is 2.97. The molecule has 0 radical (unpaired) electrons. The Morgan fingerprint density at radius 1 is 1.50 bits per heavy atom. The topological polar surface area (TPSA) is 55.5 Å². The van der Waals surface area contributed by atoms with Gasteiger partial charge in [0.15, 0.2) is 0 Å². The Labute approximate surface area is 85.7 Å². The van der Waals surface area contributed by atoms with Crippen molar-refractivity contribution in [2.24, 2.45) is 0 Å². The van der Waals surface area contributed by atoms with Crippen LogP contribution in [0.1, 0.15) is 5.56 Å². The molecule has 0 bridgehead atoms. The number of ether oxygens (including phenoxy) is 1. The highest BCUT2D eigenvalue weighted by atomic mass is 32.1. The summed E-state index contributed by atoms with van der Waals surface area (Å²) >= 11 is 1.59. The lowest BCUT2D eigenvalue weighted by Gasteiger charge is -2.05. The predicted molar refractivity (Wildman–Crippen MR) is 58.7 cm³/mol. The van der Waals surface area contributed by atoms with Crippen LogP contribution < -0.4 is 10.5 Å². The van der Waals surface area contributed by atoms with Gasteiger partial charge in [0.1, 0.15) is 5.75 Å². The summed E-state index contributed by atoms with van der Waals surface area (Å²) in [7, 11) is 1.62. The van der Waals surface area contributed by atoms with Gasteiger partial charge in [0, 0.05) is 26.7 Å².